The van der Waals surface area contributed by atoms with Crippen LogP contribution in [0.4, 0.5) is 0 Å². The normalized spacial score (nSPS) is 52.3. The van der Waals surface area contributed by atoms with E-state index in [4.69, 9.17) is 5.11 Å². The number of rotatable bonds is 4. The van der Waals surface area contributed by atoms with Gasteiger partial charge in [0, 0.05) is 5.41 Å². The van der Waals surface area contributed by atoms with E-state index in [1.807, 2.05) is 0 Å². The summed E-state index contributed by atoms with van der Waals surface area (Å²) in [5, 5.41) is 22.8. The SMILES string of the molecule is C[C@]12CCCC[C@@H]1CC[C@H]1[C@H]3CC[C@](O)(C[NH2+]CCO)[C@]3(C)CC[C@@H]12. The highest BCUT2D eigenvalue weighted by Gasteiger charge is 2.64. The zero-order chi connectivity index (χ0) is 17.7. The monoisotopic (exact) mass is 350 g/mol. The van der Waals surface area contributed by atoms with E-state index in [-0.39, 0.29) is 12.0 Å². The quantitative estimate of drug-likeness (QED) is 0.683. The van der Waals surface area contributed by atoms with Crippen LogP contribution in [-0.4, -0.2) is 35.5 Å². The average molecular weight is 351 g/mol. The van der Waals surface area contributed by atoms with Crippen LogP contribution in [0.25, 0.3) is 0 Å². The Labute approximate surface area is 154 Å². The van der Waals surface area contributed by atoms with Crippen LogP contribution >= 0.6 is 0 Å². The van der Waals surface area contributed by atoms with Gasteiger partial charge < -0.3 is 15.5 Å². The van der Waals surface area contributed by atoms with Crippen molar-refractivity contribution in [3.05, 3.63) is 0 Å². The van der Waals surface area contributed by atoms with Crippen LogP contribution in [0.3, 0.4) is 0 Å². The Hall–Kier alpha value is -0.120. The third kappa shape index (κ3) is 2.63. The minimum atomic E-state index is -0.526. The van der Waals surface area contributed by atoms with Crippen molar-refractivity contribution in [2.45, 2.75) is 83.7 Å². The number of nitrogens with two attached hydrogens (primary N) is 1. The summed E-state index contributed by atoms with van der Waals surface area (Å²) in [7, 11) is 0. The molecule has 4 saturated carbocycles. The fraction of sp³-hybridized carbons (Fsp3) is 1.00. The van der Waals surface area contributed by atoms with Gasteiger partial charge in [0.1, 0.15) is 12.1 Å². The molecule has 0 aromatic rings. The lowest BCUT2D eigenvalue weighted by atomic mass is 9.44. The fourth-order valence-corrected chi connectivity index (χ4v) is 8.17. The topological polar surface area (TPSA) is 57.1 Å². The average Bonchev–Trinajstić information content (AvgIpc) is 2.86. The Kier molecular flexibility index (Phi) is 4.74. The van der Waals surface area contributed by atoms with Crippen molar-refractivity contribution in [2.75, 3.05) is 19.7 Å². The molecule has 0 saturated heterocycles. The van der Waals surface area contributed by atoms with Crippen LogP contribution in [0.1, 0.15) is 78.1 Å². The number of hydrogen-bond acceptors (Lipinski definition) is 2. The van der Waals surface area contributed by atoms with Crippen LogP contribution in [0, 0.1) is 34.5 Å². The lowest BCUT2D eigenvalue weighted by Gasteiger charge is -2.61. The molecule has 0 bridgehead atoms. The summed E-state index contributed by atoms with van der Waals surface area (Å²) in [6.45, 7) is 6.74. The smallest absolute Gasteiger partial charge is 0.119 e. The van der Waals surface area contributed by atoms with Crippen molar-refractivity contribution in [1.29, 1.82) is 0 Å². The zero-order valence-electron chi connectivity index (χ0n) is 16.5. The van der Waals surface area contributed by atoms with Gasteiger partial charge in [-0.15, -0.1) is 0 Å². The summed E-state index contributed by atoms with van der Waals surface area (Å²) >= 11 is 0. The lowest BCUT2D eigenvalue weighted by molar-refractivity contribution is -0.671. The van der Waals surface area contributed by atoms with E-state index in [9.17, 15) is 5.11 Å². The summed E-state index contributed by atoms with van der Waals surface area (Å²) in [6, 6.07) is 0. The minimum Gasteiger partial charge on any atom is -0.391 e. The molecule has 3 heteroatoms. The molecule has 0 aromatic carbocycles. The van der Waals surface area contributed by atoms with E-state index in [1.54, 1.807) is 0 Å². The molecule has 4 fully saturated rings. The van der Waals surface area contributed by atoms with Gasteiger partial charge in [-0.3, -0.25) is 0 Å². The minimum absolute atomic E-state index is 0.0952. The van der Waals surface area contributed by atoms with Crippen LogP contribution < -0.4 is 5.32 Å². The number of fused-ring (bicyclic) bond motifs is 5. The van der Waals surface area contributed by atoms with Crippen molar-refractivity contribution in [2.24, 2.45) is 34.5 Å². The molecule has 4 N–H and O–H groups in total. The maximum absolute atomic E-state index is 11.5. The molecule has 0 aromatic heterocycles. The van der Waals surface area contributed by atoms with Gasteiger partial charge in [0.25, 0.3) is 0 Å². The van der Waals surface area contributed by atoms with Crippen LogP contribution in [0.15, 0.2) is 0 Å². The summed E-state index contributed by atoms with van der Waals surface area (Å²) < 4.78 is 0. The molecule has 0 unspecified atom stereocenters. The third-order valence-corrected chi connectivity index (χ3v) is 9.72. The molecule has 3 nitrogen and oxygen atoms in total. The summed E-state index contributed by atoms with van der Waals surface area (Å²) in [4.78, 5) is 0. The Morgan fingerprint density at radius 3 is 2.52 bits per heavy atom. The predicted octanol–water partition coefficient (Wildman–Crippen LogP) is 2.71. The molecule has 0 heterocycles. The Balaban J connectivity index is 1.55. The molecular weight excluding hydrogens is 310 g/mol. The van der Waals surface area contributed by atoms with Gasteiger partial charge in [0.05, 0.1) is 13.2 Å². The van der Waals surface area contributed by atoms with Gasteiger partial charge in [-0.2, -0.15) is 0 Å². The maximum Gasteiger partial charge on any atom is 0.119 e. The largest absolute Gasteiger partial charge is 0.391 e. The molecule has 25 heavy (non-hydrogen) atoms. The highest BCUT2D eigenvalue weighted by Crippen LogP contribution is 2.67. The van der Waals surface area contributed by atoms with Gasteiger partial charge in [-0.25, -0.2) is 0 Å². The van der Waals surface area contributed by atoms with Crippen molar-refractivity contribution in [1.82, 2.24) is 0 Å². The summed E-state index contributed by atoms with van der Waals surface area (Å²) in [5.74, 6) is 3.46. The van der Waals surface area contributed by atoms with E-state index >= 15 is 0 Å². The first-order chi connectivity index (χ1) is 11.9. The van der Waals surface area contributed by atoms with E-state index in [0.717, 1.165) is 43.2 Å². The van der Waals surface area contributed by atoms with Crippen molar-refractivity contribution >= 4 is 0 Å². The molecule has 4 aliphatic carbocycles. The maximum atomic E-state index is 11.5. The summed E-state index contributed by atoms with van der Waals surface area (Å²) in [5.41, 5.74) is 0.159. The number of hydrogen-bond donors (Lipinski definition) is 3. The van der Waals surface area contributed by atoms with E-state index in [2.05, 4.69) is 19.2 Å². The van der Waals surface area contributed by atoms with Gasteiger partial charge in [-0.1, -0.05) is 26.7 Å². The van der Waals surface area contributed by atoms with Gasteiger partial charge in [-0.05, 0) is 80.5 Å². The molecule has 4 aliphatic rings. The Morgan fingerprint density at radius 1 is 0.920 bits per heavy atom. The van der Waals surface area contributed by atoms with Crippen LogP contribution in [-0.2, 0) is 0 Å². The van der Waals surface area contributed by atoms with Crippen molar-refractivity contribution in [3.8, 4) is 0 Å². The zero-order valence-corrected chi connectivity index (χ0v) is 16.5. The van der Waals surface area contributed by atoms with E-state index < -0.39 is 5.60 Å². The molecule has 0 radical (unpaired) electrons. The number of aliphatic hydroxyl groups excluding tert-OH is 1. The molecule has 0 amide bonds. The fourth-order valence-electron chi connectivity index (χ4n) is 8.17. The standard InChI is InChI=1S/C22H39NO2/c1-20-10-4-3-5-16(20)6-7-17-18(20)8-11-21(2)19(17)9-12-22(21,25)15-23-13-14-24/h16-19,23-25H,3-15H2,1-2H3/p+1/t16-,17-,18+,19-,20+,21-,22+/m1/s1. The first-order valence-electron chi connectivity index (χ1n) is 11.1. The number of aliphatic hydroxyl groups is 2. The van der Waals surface area contributed by atoms with Gasteiger partial charge in [0.2, 0.25) is 0 Å². The molecule has 7 atom stereocenters. The van der Waals surface area contributed by atoms with Crippen LogP contribution in [0.5, 0.6) is 0 Å². The van der Waals surface area contributed by atoms with Gasteiger partial charge >= 0.3 is 0 Å². The lowest BCUT2D eigenvalue weighted by Crippen LogP contribution is -2.90. The van der Waals surface area contributed by atoms with Crippen LogP contribution in [0.2, 0.25) is 0 Å². The van der Waals surface area contributed by atoms with Crippen molar-refractivity contribution in [3.63, 3.8) is 0 Å². The van der Waals surface area contributed by atoms with E-state index in [1.165, 1.54) is 57.8 Å². The molecule has 0 spiro atoms. The summed E-state index contributed by atoms with van der Waals surface area (Å²) in [6.07, 6.45) is 13.4. The predicted molar refractivity (Wildman–Crippen MR) is 100 cm³/mol. The number of quaternary nitrogens is 1. The van der Waals surface area contributed by atoms with Gasteiger partial charge in [0.15, 0.2) is 0 Å². The highest BCUT2D eigenvalue weighted by atomic mass is 16.3. The van der Waals surface area contributed by atoms with Crippen molar-refractivity contribution < 1.29 is 15.5 Å². The molecule has 4 rings (SSSR count). The molecule has 144 valence electrons. The molecular formula is C22H40NO2+. The third-order valence-electron chi connectivity index (χ3n) is 9.72. The first-order valence-corrected chi connectivity index (χ1v) is 11.1. The first kappa shape index (κ1) is 18.3. The molecule has 0 aliphatic heterocycles. The highest BCUT2D eigenvalue weighted by molar-refractivity contribution is 5.13. The second-order valence-corrected chi connectivity index (χ2v) is 10.4. The van der Waals surface area contributed by atoms with E-state index in [0.29, 0.717) is 5.41 Å². The Bertz CT molecular complexity index is 496. The Morgan fingerprint density at radius 2 is 1.72 bits per heavy atom. The second-order valence-electron chi connectivity index (χ2n) is 10.4. The second kappa shape index (κ2) is 6.49.